The Morgan fingerprint density at radius 3 is 2.75 bits per heavy atom. The van der Waals surface area contributed by atoms with Gasteiger partial charge in [-0.1, -0.05) is 24.3 Å². The topological polar surface area (TPSA) is 53.1 Å². The maximum atomic E-state index is 6.12. The molecule has 0 radical (unpaired) electrons. The predicted octanol–water partition coefficient (Wildman–Crippen LogP) is 3.31. The van der Waals surface area contributed by atoms with Crippen molar-refractivity contribution in [2.75, 3.05) is 12.3 Å². The third-order valence-electron chi connectivity index (χ3n) is 3.31. The van der Waals surface area contributed by atoms with E-state index >= 15 is 0 Å². The Kier molecular flexibility index (Phi) is 3.06. The molecule has 1 heterocycles. The van der Waals surface area contributed by atoms with E-state index < -0.39 is 0 Å². The zero-order chi connectivity index (χ0) is 14.1. The number of aromatic nitrogens is 2. The molecule has 0 amide bonds. The molecule has 2 aromatic carbocycles. The summed E-state index contributed by atoms with van der Waals surface area (Å²) in [6, 6.07) is 13.9. The molecule has 0 atom stereocenters. The molecular formula is C16H17N3O. The summed E-state index contributed by atoms with van der Waals surface area (Å²) in [5, 5.41) is 0. The van der Waals surface area contributed by atoms with Crippen molar-refractivity contribution in [3.05, 3.63) is 48.0 Å². The van der Waals surface area contributed by atoms with Crippen LogP contribution >= 0.6 is 0 Å². The quantitative estimate of drug-likeness (QED) is 0.792. The number of imidazole rings is 1. The number of para-hydroxylation sites is 3. The van der Waals surface area contributed by atoms with Crippen LogP contribution in [0.5, 0.6) is 5.75 Å². The molecule has 1 aromatic heterocycles. The molecule has 0 aliphatic rings. The largest absolute Gasteiger partial charge is 0.492 e. The van der Waals surface area contributed by atoms with E-state index in [1.807, 2.05) is 47.9 Å². The zero-order valence-corrected chi connectivity index (χ0v) is 11.6. The van der Waals surface area contributed by atoms with Crippen LogP contribution in [0.25, 0.3) is 16.7 Å². The molecule has 0 saturated carbocycles. The van der Waals surface area contributed by atoms with E-state index in [0.29, 0.717) is 12.6 Å². The van der Waals surface area contributed by atoms with Crippen molar-refractivity contribution in [2.24, 2.45) is 0 Å². The summed E-state index contributed by atoms with van der Waals surface area (Å²) >= 11 is 0. The van der Waals surface area contributed by atoms with E-state index in [4.69, 9.17) is 10.5 Å². The summed E-state index contributed by atoms with van der Waals surface area (Å²) in [6.07, 6.45) is 0. The van der Waals surface area contributed by atoms with E-state index in [1.54, 1.807) is 0 Å². The van der Waals surface area contributed by atoms with Crippen molar-refractivity contribution in [2.45, 2.75) is 13.8 Å². The molecule has 3 aromatic rings. The number of nitrogens with two attached hydrogens (primary N) is 1. The van der Waals surface area contributed by atoms with Crippen molar-refractivity contribution in [1.82, 2.24) is 9.55 Å². The Morgan fingerprint density at radius 2 is 1.95 bits per heavy atom. The van der Waals surface area contributed by atoms with Crippen molar-refractivity contribution in [1.29, 1.82) is 0 Å². The molecule has 3 rings (SSSR count). The summed E-state index contributed by atoms with van der Waals surface area (Å²) in [4.78, 5) is 4.44. The lowest BCUT2D eigenvalue weighted by Crippen LogP contribution is -2.04. The van der Waals surface area contributed by atoms with Crippen molar-refractivity contribution >= 4 is 17.0 Å². The first-order chi connectivity index (χ1) is 9.72. The van der Waals surface area contributed by atoms with Gasteiger partial charge in [-0.05, 0) is 37.6 Å². The number of hydrogen-bond acceptors (Lipinski definition) is 3. The smallest absolute Gasteiger partial charge is 0.206 e. The van der Waals surface area contributed by atoms with Crippen LogP contribution in [0.4, 0.5) is 5.95 Å². The van der Waals surface area contributed by atoms with Crippen molar-refractivity contribution < 1.29 is 4.74 Å². The van der Waals surface area contributed by atoms with Gasteiger partial charge in [-0.2, -0.15) is 0 Å². The summed E-state index contributed by atoms with van der Waals surface area (Å²) < 4.78 is 7.65. The Labute approximate surface area is 117 Å². The van der Waals surface area contributed by atoms with Gasteiger partial charge in [-0.15, -0.1) is 0 Å². The number of benzene rings is 2. The fraction of sp³-hybridized carbons (Fsp3) is 0.188. The SMILES string of the molecule is CCOc1ccccc1-n1c(N)nc2cccc(C)c21. The second-order valence-corrected chi connectivity index (χ2v) is 4.65. The fourth-order valence-corrected chi connectivity index (χ4v) is 2.48. The number of fused-ring (bicyclic) bond motifs is 1. The fourth-order valence-electron chi connectivity index (χ4n) is 2.48. The molecule has 102 valence electrons. The molecule has 0 aliphatic heterocycles. The van der Waals surface area contributed by atoms with Gasteiger partial charge in [0.1, 0.15) is 5.75 Å². The minimum atomic E-state index is 0.474. The molecule has 0 bridgehead atoms. The third kappa shape index (κ3) is 1.90. The van der Waals surface area contributed by atoms with Crippen LogP contribution < -0.4 is 10.5 Å². The Balaban J connectivity index is 2.32. The molecule has 0 saturated heterocycles. The lowest BCUT2D eigenvalue weighted by atomic mass is 10.2. The van der Waals surface area contributed by atoms with Gasteiger partial charge < -0.3 is 10.5 Å². The Hall–Kier alpha value is -2.49. The molecule has 0 fully saturated rings. The Bertz CT molecular complexity index is 762. The maximum Gasteiger partial charge on any atom is 0.206 e. The van der Waals surface area contributed by atoms with Crippen molar-refractivity contribution in [3.8, 4) is 11.4 Å². The highest BCUT2D eigenvalue weighted by atomic mass is 16.5. The first-order valence-electron chi connectivity index (χ1n) is 6.68. The number of ether oxygens (including phenoxy) is 1. The van der Waals surface area contributed by atoms with Gasteiger partial charge in [0, 0.05) is 0 Å². The number of nitrogens with zero attached hydrogens (tertiary/aromatic N) is 2. The van der Waals surface area contributed by atoms with E-state index in [9.17, 15) is 0 Å². The first-order valence-corrected chi connectivity index (χ1v) is 6.68. The molecule has 20 heavy (non-hydrogen) atoms. The molecule has 4 heteroatoms. The summed E-state index contributed by atoms with van der Waals surface area (Å²) in [5.74, 6) is 1.28. The average Bonchev–Trinajstić information content (AvgIpc) is 2.77. The van der Waals surface area contributed by atoms with E-state index in [0.717, 1.165) is 28.0 Å². The summed E-state index contributed by atoms with van der Waals surface area (Å²) in [6.45, 7) is 4.64. The second-order valence-electron chi connectivity index (χ2n) is 4.65. The monoisotopic (exact) mass is 267 g/mol. The van der Waals surface area contributed by atoms with Crippen LogP contribution in [0.3, 0.4) is 0 Å². The second kappa shape index (κ2) is 4.89. The van der Waals surface area contributed by atoms with Crippen LogP contribution in [0.1, 0.15) is 12.5 Å². The zero-order valence-electron chi connectivity index (χ0n) is 11.6. The van der Waals surface area contributed by atoms with Gasteiger partial charge in [-0.25, -0.2) is 4.98 Å². The lowest BCUT2D eigenvalue weighted by molar-refractivity contribution is 0.339. The van der Waals surface area contributed by atoms with Crippen LogP contribution in [-0.4, -0.2) is 16.2 Å². The Morgan fingerprint density at radius 1 is 1.15 bits per heavy atom. The number of rotatable bonds is 3. The van der Waals surface area contributed by atoms with Gasteiger partial charge in [0.15, 0.2) is 0 Å². The highest BCUT2D eigenvalue weighted by molar-refractivity contribution is 5.84. The van der Waals surface area contributed by atoms with Gasteiger partial charge in [0.25, 0.3) is 0 Å². The standard InChI is InChI=1S/C16H17N3O/c1-3-20-14-10-5-4-9-13(14)19-15-11(2)7-6-8-12(15)18-16(19)17/h4-10H,3H2,1-2H3,(H2,17,18). The van der Waals surface area contributed by atoms with Gasteiger partial charge in [0.05, 0.1) is 23.3 Å². The minimum absolute atomic E-state index is 0.474. The molecule has 2 N–H and O–H groups in total. The van der Waals surface area contributed by atoms with Gasteiger partial charge >= 0.3 is 0 Å². The summed E-state index contributed by atoms with van der Waals surface area (Å²) in [5.41, 5.74) is 10.1. The average molecular weight is 267 g/mol. The summed E-state index contributed by atoms with van der Waals surface area (Å²) in [7, 11) is 0. The van der Waals surface area contributed by atoms with Crippen LogP contribution in [0.15, 0.2) is 42.5 Å². The predicted molar refractivity (Wildman–Crippen MR) is 81.4 cm³/mol. The van der Waals surface area contributed by atoms with E-state index in [1.165, 1.54) is 0 Å². The number of nitrogen functional groups attached to an aromatic ring is 1. The van der Waals surface area contributed by atoms with Gasteiger partial charge in [0.2, 0.25) is 5.95 Å². The minimum Gasteiger partial charge on any atom is -0.492 e. The maximum absolute atomic E-state index is 6.12. The van der Waals surface area contributed by atoms with Crippen LogP contribution in [0, 0.1) is 6.92 Å². The van der Waals surface area contributed by atoms with Crippen LogP contribution in [-0.2, 0) is 0 Å². The first kappa shape index (κ1) is 12.5. The third-order valence-corrected chi connectivity index (χ3v) is 3.31. The highest BCUT2D eigenvalue weighted by Gasteiger charge is 2.14. The van der Waals surface area contributed by atoms with Crippen molar-refractivity contribution in [3.63, 3.8) is 0 Å². The van der Waals surface area contributed by atoms with Gasteiger partial charge in [-0.3, -0.25) is 4.57 Å². The van der Waals surface area contributed by atoms with E-state index in [-0.39, 0.29) is 0 Å². The molecule has 0 unspecified atom stereocenters. The van der Waals surface area contributed by atoms with E-state index in [2.05, 4.69) is 18.0 Å². The molecular weight excluding hydrogens is 250 g/mol. The number of anilines is 1. The molecule has 0 spiro atoms. The number of aryl methyl sites for hydroxylation is 1. The lowest BCUT2D eigenvalue weighted by Gasteiger charge is -2.13. The van der Waals surface area contributed by atoms with Crippen LogP contribution in [0.2, 0.25) is 0 Å². The molecule has 4 nitrogen and oxygen atoms in total. The number of hydrogen-bond donors (Lipinski definition) is 1. The highest BCUT2D eigenvalue weighted by Crippen LogP contribution is 2.30. The normalized spacial score (nSPS) is 10.9. The molecule has 0 aliphatic carbocycles.